The fraction of sp³-hybridized carbons (Fsp3) is 0.333. The summed E-state index contributed by atoms with van der Waals surface area (Å²) in [5.41, 5.74) is 0.106. The molecule has 1 saturated heterocycles. The summed E-state index contributed by atoms with van der Waals surface area (Å²) in [5.74, 6) is -1.21. The van der Waals surface area contributed by atoms with Gasteiger partial charge < -0.3 is 14.5 Å². The van der Waals surface area contributed by atoms with E-state index in [2.05, 4.69) is 9.72 Å². The molecular formula is C9H7Cl2NO4. The number of halogens is 2. The Balaban J connectivity index is 2.05. The molecule has 1 aliphatic heterocycles. The monoisotopic (exact) mass is 263 g/mol. The van der Waals surface area contributed by atoms with Crippen molar-refractivity contribution in [1.82, 2.24) is 4.98 Å². The van der Waals surface area contributed by atoms with Crippen LogP contribution in [0.3, 0.4) is 0 Å². The highest BCUT2D eigenvalue weighted by Crippen LogP contribution is 2.23. The topological polar surface area (TPSA) is 68.4 Å². The average molecular weight is 264 g/mol. The van der Waals surface area contributed by atoms with Gasteiger partial charge in [0.25, 0.3) is 0 Å². The Kier molecular flexibility index (Phi) is 3.07. The van der Waals surface area contributed by atoms with Crippen LogP contribution in [-0.4, -0.2) is 29.6 Å². The molecule has 0 amide bonds. The van der Waals surface area contributed by atoms with Crippen LogP contribution in [0.2, 0.25) is 10.2 Å². The highest BCUT2D eigenvalue weighted by atomic mass is 35.5. The van der Waals surface area contributed by atoms with Crippen LogP contribution in [0.4, 0.5) is 0 Å². The molecule has 1 aliphatic rings. The summed E-state index contributed by atoms with van der Waals surface area (Å²) in [4.78, 5) is 25.1. The van der Waals surface area contributed by atoms with Crippen LogP contribution in [0.25, 0.3) is 0 Å². The predicted molar refractivity (Wildman–Crippen MR) is 55.6 cm³/mol. The van der Waals surface area contributed by atoms with Crippen molar-refractivity contribution < 1.29 is 19.1 Å². The van der Waals surface area contributed by atoms with Gasteiger partial charge in [0, 0.05) is 6.42 Å². The van der Waals surface area contributed by atoms with Crippen molar-refractivity contribution in [3.63, 3.8) is 0 Å². The summed E-state index contributed by atoms with van der Waals surface area (Å²) >= 11 is 11.3. The molecule has 0 bridgehead atoms. The van der Waals surface area contributed by atoms with Crippen molar-refractivity contribution in [2.75, 3.05) is 6.61 Å². The summed E-state index contributed by atoms with van der Waals surface area (Å²) in [6, 6.07) is 1.34. The van der Waals surface area contributed by atoms with E-state index in [1.807, 2.05) is 0 Å². The van der Waals surface area contributed by atoms with E-state index in [4.69, 9.17) is 27.9 Å². The van der Waals surface area contributed by atoms with Crippen LogP contribution in [0.5, 0.6) is 0 Å². The van der Waals surface area contributed by atoms with Crippen LogP contribution in [0.15, 0.2) is 6.07 Å². The van der Waals surface area contributed by atoms with E-state index >= 15 is 0 Å². The summed E-state index contributed by atoms with van der Waals surface area (Å²) in [6.45, 7) is 0.267. The maximum atomic E-state index is 11.5. The number of aromatic nitrogens is 1. The fourth-order valence-corrected chi connectivity index (χ4v) is 1.60. The Morgan fingerprint density at radius 3 is 2.81 bits per heavy atom. The van der Waals surface area contributed by atoms with E-state index in [1.165, 1.54) is 6.07 Å². The summed E-state index contributed by atoms with van der Waals surface area (Å²) in [7, 11) is 0. The van der Waals surface area contributed by atoms with Gasteiger partial charge in [0.1, 0.15) is 10.8 Å². The first-order valence-electron chi connectivity index (χ1n) is 4.49. The Morgan fingerprint density at radius 1 is 1.56 bits per heavy atom. The van der Waals surface area contributed by atoms with E-state index in [-0.39, 0.29) is 22.5 Å². The number of nitrogens with one attached hydrogen (secondary N) is 1. The van der Waals surface area contributed by atoms with Gasteiger partial charge in [-0.1, -0.05) is 23.2 Å². The van der Waals surface area contributed by atoms with Gasteiger partial charge in [0.15, 0.2) is 0 Å². The minimum Gasteiger partial charge on any atom is -0.463 e. The Morgan fingerprint density at radius 2 is 2.31 bits per heavy atom. The lowest BCUT2D eigenvalue weighted by atomic mass is 10.3. The molecule has 2 heterocycles. The second-order valence-corrected chi connectivity index (χ2v) is 3.98. The highest BCUT2D eigenvalue weighted by molar-refractivity contribution is 6.41. The fourth-order valence-electron chi connectivity index (χ4n) is 1.29. The van der Waals surface area contributed by atoms with E-state index in [9.17, 15) is 9.59 Å². The summed E-state index contributed by atoms with van der Waals surface area (Å²) in [5, 5.41) is 0.380. The number of H-pyrrole nitrogens is 1. The predicted octanol–water partition coefficient (Wildman–Crippen LogP) is 1.79. The van der Waals surface area contributed by atoms with Crippen molar-refractivity contribution in [2.45, 2.75) is 12.5 Å². The van der Waals surface area contributed by atoms with E-state index in [0.29, 0.717) is 6.42 Å². The molecular weight excluding hydrogens is 257 g/mol. The van der Waals surface area contributed by atoms with Crippen molar-refractivity contribution in [2.24, 2.45) is 0 Å². The van der Waals surface area contributed by atoms with Gasteiger partial charge in [-0.05, 0) is 6.07 Å². The van der Waals surface area contributed by atoms with Gasteiger partial charge in [-0.15, -0.1) is 0 Å². The third kappa shape index (κ3) is 2.15. The molecule has 1 aromatic heterocycles. The van der Waals surface area contributed by atoms with Crippen LogP contribution >= 0.6 is 23.2 Å². The van der Waals surface area contributed by atoms with Gasteiger partial charge in [-0.2, -0.15) is 0 Å². The van der Waals surface area contributed by atoms with E-state index < -0.39 is 18.0 Å². The Labute approximate surface area is 101 Å². The smallest absolute Gasteiger partial charge is 0.355 e. The number of cyclic esters (lactones) is 1. The quantitative estimate of drug-likeness (QED) is 0.827. The van der Waals surface area contributed by atoms with Crippen molar-refractivity contribution in [3.8, 4) is 0 Å². The van der Waals surface area contributed by atoms with Gasteiger partial charge in [0.2, 0.25) is 6.10 Å². The number of rotatable bonds is 2. The van der Waals surface area contributed by atoms with Crippen LogP contribution < -0.4 is 0 Å². The molecule has 1 aromatic rings. The van der Waals surface area contributed by atoms with Gasteiger partial charge in [-0.25, -0.2) is 9.59 Å². The van der Waals surface area contributed by atoms with Crippen molar-refractivity contribution in [1.29, 1.82) is 0 Å². The second kappa shape index (κ2) is 4.35. The number of carbonyl (C=O) groups is 2. The van der Waals surface area contributed by atoms with Crippen LogP contribution in [0.1, 0.15) is 16.9 Å². The van der Waals surface area contributed by atoms with Crippen LogP contribution in [-0.2, 0) is 14.3 Å². The zero-order valence-electron chi connectivity index (χ0n) is 7.96. The highest BCUT2D eigenvalue weighted by Gasteiger charge is 2.31. The third-order valence-corrected chi connectivity index (χ3v) is 2.77. The number of carbonyl (C=O) groups excluding carboxylic acids is 2. The minimum absolute atomic E-state index is 0.106. The molecule has 2 rings (SSSR count). The zero-order chi connectivity index (χ0) is 11.7. The number of esters is 2. The molecule has 1 fully saturated rings. The van der Waals surface area contributed by atoms with Crippen molar-refractivity contribution >= 4 is 35.1 Å². The van der Waals surface area contributed by atoms with Crippen LogP contribution in [0, 0.1) is 0 Å². The third-order valence-electron chi connectivity index (χ3n) is 2.08. The molecule has 0 saturated carbocycles. The number of hydrogen-bond donors (Lipinski definition) is 1. The number of ether oxygens (including phenoxy) is 2. The summed E-state index contributed by atoms with van der Waals surface area (Å²) < 4.78 is 9.57. The molecule has 5 nitrogen and oxygen atoms in total. The molecule has 86 valence electrons. The minimum atomic E-state index is -0.839. The lowest BCUT2D eigenvalue weighted by Gasteiger charge is -2.06. The normalized spacial score (nSPS) is 19.6. The Bertz CT molecular complexity index is 423. The largest absolute Gasteiger partial charge is 0.463 e. The number of hydrogen-bond acceptors (Lipinski definition) is 4. The van der Waals surface area contributed by atoms with E-state index in [0.717, 1.165) is 0 Å². The second-order valence-electron chi connectivity index (χ2n) is 3.20. The van der Waals surface area contributed by atoms with Gasteiger partial charge in [0.05, 0.1) is 11.6 Å². The molecule has 0 aromatic carbocycles. The molecule has 1 N–H and O–H groups in total. The summed E-state index contributed by atoms with van der Waals surface area (Å²) in [6.07, 6.45) is -0.472. The molecule has 1 unspecified atom stereocenters. The Hall–Kier alpha value is -1.20. The molecule has 16 heavy (non-hydrogen) atoms. The maximum absolute atomic E-state index is 11.5. The standard InChI is InChI=1S/C9H7Cl2NO4/c10-4-3-5(12-7(4)11)8(13)16-6-1-2-15-9(6)14/h3,6,12H,1-2H2. The lowest BCUT2D eigenvalue weighted by Crippen LogP contribution is -2.22. The SMILES string of the molecule is O=C(OC1CCOC1=O)c1cc(Cl)c(Cl)[nH]1. The van der Waals surface area contributed by atoms with Crippen molar-refractivity contribution in [3.05, 3.63) is 21.9 Å². The molecule has 1 atom stereocenters. The van der Waals surface area contributed by atoms with Gasteiger partial charge in [-0.3, -0.25) is 0 Å². The number of aromatic amines is 1. The average Bonchev–Trinajstić information content (AvgIpc) is 2.76. The first kappa shape index (κ1) is 11.3. The zero-order valence-corrected chi connectivity index (χ0v) is 9.47. The first-order chi connectivity index (χ1) is 7.58. The molecule has 0 aliphatic carbocycles. The molecule has 0 radical (unpaired) electrons. The molecule has 7 heteroatoms. The maximum Gasteiger partial charge on any atom is 0.355 e. The van der Waals surface area contributed by atoms with Gasteiger partial charge >= 0.3 is 11.9 Å². The van der Waals surface area contributed by atoms with E-state index in [1.54, 1.807) is 0 Å². The lowest BCUT2D eigenvalue weighted by molar-refractivity contribution is -0.145. The molecule has 0 spiro atoms. The first-order valence-corrected chi connectivity index (χ1v) is 5.25.